The summed E-state index contributed by atoms with van der Waals surface area (Å²) >= 11 is 0. The molecule has 0 radical (unpaired) electrons. The maximum absolute atomic E-state index is 12.9. The lowest BCUT2D eigenvalue weighted by Gasteiger charge is -2.32. The zero-order chi connectivity index (χ0) is 29.5. The van der Waals surface area contributed by atoms with Crippen molar-refractivity contribution in [3.8, 4) is 34.5 Å². The van der Waals surface area contributed by atoms with Crippen LogP contribution in [0.1, 0.15) is 29.5 Å². The largest absolute Gasteiger partial charge is 0.493 e. The Hall–Kier alpha value is -4.11. The topological polar surface area (TPSA) is 87.7 Å². The van der Waals surface area contributed by atoms with E-state index in [9.17, 15) is 4.79 Å². The number of hydrogen-bond acceptors (Lipinski definition) is 8. The molecule has 1 saturated heterocycles. The van der Waals surface area contributed by atoms with Gasteiger partial charge < -0.3 is 33.7 Å². The molecule has 1 unspecified atom stereocenters. The van der Waals surface area contributed by atoms with Crippen LogP contribution < -0.4 is 33.7 Å². The van der Waals surface area contributed by atoms with Crippen LogP contribution >= 0.6 is 0 Å². The first-order valence-electron chi connectivity index (χ1n) is 14.4. The van der Waals surface area contributed by atoms with Crippen molar-refractivity contribution in [1.29, 1.82) is 0 Å². The Bertz CT molecular complexity index is 1360. The second-order valence-electron chi connectivity index (χ2n) is 10.8. The molecule has 9 nitrogen and oxygen atoms in total. The van der Waals surface area contributed by atoms with E-state index in [1.165, 1.54) is 5.56 Å². The summed E-state index contributed by atoms with van der Waals surface area (Å²) in [6.07, 6.45) is 2.75. The van der Waals surface area contributed by atoms with Crippen molar-refractivity contribution in [2.75, 3.05) is 48.1 Å². The van der Waals surface area contributed by atoms with Gasteiger partial charge in [0.25, 0.3) is 0 Å². The van der Waals surface area contributed by atoms with Crippen molar-refractivity contribution in [3.63, 3.8) is 0 Å². The number of nitrogens with zero attached hydrogens (tertiary/aromatic N) is 1. The van der Waals surface area contributed by atoms with Gasteiger partial charge in [-0.1, -0.05) is 36.4 Å². The average Bonchev–Trinajstić information content (AvgIpc) is 3.01. The Labute approximate surface area is 247 Å². The number of ether oxygens (including phenoxy) is 6. The molecule has 0 bridgehead atoms. The number of rotatable bonds is 10. The highest BCUT2D eigenvalue weighted by Gasteiger charge is 2.29. The van der Waals surface area contributed by atoms with Crippen molar-refractivity contribution in [3.05, 3.63) is 71.3 Å². The molecule has 3 aromatic carbocycles. The monoisotopic (exact) mass is 576 g/mol. The highest BCUT2D eigenvalue weighted by molar-refractivity contribution is 5.72. The van der Waals surface area contributed by atoms with Crippen LogP contribution in [0.3, 0.4) is 0 Å². The van der Waals surface area contributed by atoms with Gasteiger partial charge in [0.1, 0.15) is 5.75 Å². The molecule has 42 heavy (non-hydrogen) atoms. The molecule has 224 valence electrons. The van der Waals surface area contributed by atoms with Gasteiger partial charge in [-0.15, -0.1) is 0 Å². The predicted octanol–water partition coefficient (Wildman–Crippen LogP) is 5.27. The third-order valence-electron chi connectivity index (χ3n) is 7.97. The number of likely N-dealkylation sites (tertiary alicyclic amines) is 1. The summed E-state index contributed by atoms with van der Waals surface area (Å²) in [6, 6.07) is 18.1. The van der Waals surface area contributed by atoms with Gasteiger partial charge in [0, 0.05) is 43.2 Å². The lowest BCUT2D eigenvalue weighted by atomic mass is 9.90. The minimum absolute atomic E-state index is 0.0729. The molecule has 0 aromatic heterocycles. The number of nitrogens with one attached hydrogen (secondary N) is 1. The molecule has 0 saturated carbocycles. The van der Waals surface area contributed by atoms with Gasteiger partial charge in [-0.25, -0.2) is 4.79 Å². The number of amides is 1. The van der Waals surface area contributed by atoms with E-state index in [0.29, 0.717) is 35.4 Å². The van der Waals surface area contributed by atoms with Gasteiger partial charge in [-0.2, -0.15) is 0 Å². The summed E-state index contributed by atoms with van der Waals surface area (Å²) < 4.78 is 34.1. The quantitative estimate of drug-likeness (QED) is 0.350. The summed E-state index contributed by atoms with van der Waals surface area (Å²) in [6.45, 7) is 3.31. The van der Waals surface area contributed by atoms with Gasteiger partial charge in [0.2, 0.25) is 5.75 Å². The summed E-state index contributed by atoms with van der Waals surface area (Å²) in [7, 11) is 6.38. The molecule has 2 aliphatic heterocycles. The predicted molar refractivity (Wildman–Crippen MR) is 159 cm³/mol. The highest BCUT2D eigenvalue weighted by Crippen LogP contribution is 2.47. The molecular formula is C33H40N2O7. The van der Waals surface area contributed by atoms with Crippen LogP contribution in [0.2, 0.25) is 0 Å². The van der Waals surface area contributed by atoms with E-state index in [-0.39, 0.29) is 12.0 Å². The minimum Gasteiger partial charge on any atom is -0.493 e. The number of fused-ring (bicyclic) bond motifs is 1. The standard InChI is InChI=1S/C33H40N2O7/c1-37-27-11-10-23(16-24-17-26-28(41-21-24)19-30(38-2)32(40-4)31(26)39-3)18-29(27)42-33(36)34-25-12-14-35(15-13-25)20-22-8-6-5-7-9-22/h5-11,18-19,24-25H,12-17,20-21H2,1-4H3,(H,34,36). The van der Waals surface area contributed by atoms with Crippen LogP contribution in [-0.2, 0) is 19.4 Å². The Morgan fingerprint density at radius 1 is 0.857 bits per heavy atom. The molecule has 9 heteroatoms. The van der Waals surface area contributed by atoms with Crippen molar-refractivity contribution < 1.29 is 33.2 Å². The van der Waals surface area contributed by atoms with E-state index >= 15 is 0 Å². The Kier molecular flexibility index (Phi) is 9.59. The first-order chi connectivity index (χ1) is 20.5. The number of methoxy groups -OCH3 is 4. The van der Waals surface area contributed by atoms with Gasteiger partial charge in [0.15, 0.2) is 23.0 Å². The third kappa shape index (κ3) is 6.85. The van der Waals surface area contributed by atoms with Crippen molar-refractivity contribution in [2.45, 2.75) is 38.3 Å². The number of carbonyl (C=O) groups is 1. The van der Waals surface area contributed by atoms with Crippen LogP contribution in [0.5, 0.6) is 34.5 Å². The zero-order valence-electron chi connectivity index (χ0n) is 24.8. The lowest BCUT2D eigenvalue weighted by Crippen LogP contribution is -2.45. The Balaban J connectivity index is 1.19. The van der Waals surface area contributed by atoms with E-state index in [1.807, 2.05) is 30.3 Å². The minimum atomic E-state index is -0.465. The van der Waals surface area contributed by atoms with Gasteiger partial charge in [0.05, 0.1) is 35.0 Å². The summed E-state index contributed by atoms with van der Waals surface area (Å²) in [5.74, 6) is 3.57. The SMILES string of the molecule is COc1ccc(CC2COc3cc(OC)c(OC)c(OC)c3C2)cc1OC(=O)NC1CCN(Cc2ccccc2)CC1. The van der Waals surface area contributed by atoms with Crippen molar-refractivity contribution in [1.82, 2.24) is 10.2 Å². The van der Waals surface area contributed by atoms with Gasteiger partial charge in [-0.05, 0) is 48.9 Å². The molecular weight excluding hydrogens is 536 g/mol. The van der Waals surface area contributed by atoms with E-state index in [0.717, 1.165) is 62.2 Å². The summed E-state index contributed by atoms with van der Waals surface area (Å²) in [5.41, 5.74) is 3.27. The Morgan fingerprint density at radius 3 is 2.29 bits per heavy atom. The van der Waals surface area contributed by atoms with Crippen molar-refractivity contribution >= 4 is 6.09 Å². The number of carbonyl (C=O) groups excluding carboxylic acids is 1. The number of benzene rings is 3. The smallest absolute Gasteiger partial charge is 0.412 e. The molecule has 3 aromatic rings. The van der Waals surface area contributed by atoms with E-state index < -0.39 is 6.09 Å². The van der Waals surface area contributed by atoms with Crippen LogP contribution in [0.25, 0.3) is 0 Å². The first kappa shape index (κ1) is 29.4. The zero-order valence-corrected chi connectivity index (χ0v) is 24.8. The third-order valence-corrected chi connectivity index (χ3v) is 7.97. The molecule has 0 spiro atoms. The molecule has 0 aliphatic carbocycles. The second kappa shape index (κ2) is 13.7. The lowest BCUT2D eigenvalue weighted by molar-refractivity contribution is 0.168. The van der Waals surface area contributed by atoms with Crippen molar-refractivity contribution in [2.24, 2.45) is 5.92 Å². The fourth-order valence-electron chi connectivity index (χ4n) is 5.84. The summed E-state index contributed by atoms with van der Waals surface area (Å²) in [4.78, 5) is 15.3. The van der Waals surface area contributed by atoms with E-state index in [2.05, 4.69) is 34.5 Å². The van der Waals surface area contributed by atoms with Crippen LogP contribution in [-0.4, -0.2) is 65.2 Å². The molecule has 2 heterocycles. The fourth-order valence-corrected chi connectivity index (χ4v) is 5.84. The molecule has 2 aliphatic rings. The second-order valence-corrected chi connectivity index (χ2v) is 10.8. The molecule has 1 N–H and O–H groups in total. The van der Waals surface area contributed by atoms with Crippen LogP contribution in [0.4, 0.5) is 4.79 Å². The maximum atomic E-state index is 12.9. The van der Waals surface area contributed by atoms with Gasteiger partial charge >= 0.3 is 6.09 Å². The van der Waals surface area contributed by atoms with Gasteiger partial charge in [-0.3, -0.25) is 4.90 Å². The molecule has 1 amide bonds. The highest BCUT2D eigenvalue weighted by atomic mass is 16.6. The maximum Gasteiger partial charge on any atom is 0.412 e. The number of piperidine rings is 1. The summed E-state index contributed by atoms with van der Waals surface area (Å²) in [5, 5.41) is 3.05. The Morgan fingerprint density at radius 2 is 1.60 bits per heavy atom. The van der Waals surface area contributed by atoms with E-state index in [1.54, 1.807) is 28.4 Å². The van der Waals surface area contributed by atoms with E-state index in [4.69, 9.17) is 28.4 Å². The average molecular weight is 577 g/mol. The molecule has 1 fully saturated rings. The fraction of sp³-hybridized carbons (Fsp3) is 0.424. The number of hydrogen-bond donors (Lipinski definition) is 1. The first-order valence-corrected chi connectivity index (χ1v) is 14.4. The molecule has 5 rings (SSSR count). The molecule has 1 atom stereocenters. The normalized spacial score (nSPS) is 17.0. The van der Waals surface area contributed by atoms with Crippen LogP contribution in [0.15, 0.2) is 54.6 Å². The van der Waals surface area contributed by atoms with Crippen LogP contribution in [0, 0.1) is 5.92 Å².